The van der Waals surface area contributed by atoms with Crippen LogP contribution in [0.3, 0.4) is 0 Å². The third kappa shape index (κ3) is 2.38. The summed E-state index contributed by atoms with van der Waals surface area (Å²) in [4.78, 5) is 0. The fourth-order valence-corrected chi connectivity index (χ4v) is 2.37. The van der Waals surface area contributed by atoms with Gasteiger partial charge in [0.15, 0.2) is 0 Å². The molecule has 0 heterocycles. The van der Waals surface area contributed by atoms with Gasteiger partial charge in [-0.2, -0.15) is 0 Å². The van der Waals surface area contributed by atoms with Crippen LogP contribution in [-0.4, -0.2) is 17.3 Å². The van der Waals surface area contributed by atoms with Crippen LogP contribution in [0.1, 0.15) is 33.1 Å². The van der Waals surface area contributed by atoms with Crippen LogP contribution >= 0.6 is 0 Å². The van der Waals surface area contributed by atoms with Gasteiger partial charge in [0.05, 0.1) is 6.10 Å². The van der Waals surface area contributed by atoms with E-state index in [0.29, 0.717) is 0 Å². The number of hydrogen-bond acceptors (Lipinski definition) is 2. The summed E-state index contributed by atoms with van der Waals surface area (Å²) >= 11 is 0. The van der Waals surface area contributed by atoms with E-state index in [9.17, 15) is 5.11 Å². The van der Waals surface area contributed by atoms with Gasteiger partial charge in [-0.25, -0.2) is 0 Å². The highest BCUT2D eigenvalue weighted by molar-refractivity contribution is 5.21. The predicted molar refractivity (Wildman–Crippen MR) is 64.5 cm³/mol. The van der Waals surface area contributed by atoms with E-state index in [1.165, 1.54) is 0 Å². The van der Waals surface area contributed by atoms with Crippen molar-refractivity contribution in [3.8, 4) is 5.75 Å². The minimum atomic E-state index is -0.374. The monoisotopic (exact) mass is 220 g/mol. The second-order valence-corrected chi connectivity index (χ2v) is 5.30. The maximum atomic E-state index is 10.2. The van der Waals surface area contributed by atoms with Crippen LogP contribution in [0.2, 0.25) is 0 Å². The molecule has 2 heteroatoms. The van der Waals surface area contributed by atoms with Crippen LogP contribution in [0.5, 0.6) is 5.75 Å². The lowest BCUT2D eigenvalue weighted by atomic mass is 9.73. The molecule has 0 aliphatic heterocycles. The maximum Gasteiger partial charge on any atom is 0.125 e. The molecule has 0 saturated heterocycles. The standard InChI is InChI=1S/C14H20O2/c1-14(2)10-6-9-12(13(14)15)16-11-7-4-3-5-8-11/h3-5,7-8,12-13,15H,6,9-10H2,1-2H3. The largest absolute Gasteiger partial charge is 0.488 e. The van der Waals surface area contributed by atoms with Crippen molar-refractivity contribution in [2.24, 2.45) is 5.41 Å². The van der Waals surface area contributed by atoms with Gasteiger partial charge >= 0.3 is 0 Å². The van der Waals surface area contributed by atoms with E-state index in [-0.39, 0.29) is 17.6 Å². The summed E-state index contributed by atoms with van der Waals surface area (Å²) in [5.74, 6) is 0.851. The molecule has 1 aromatic rings. The molecule has 1 N–H and O–H groups in total. The van der Waals surface area contributed by atoms with Gasteiger partial charge in [-0.3, -0.25) is 0 Å². The van der Waals surface area contributed by atoms with Gasteiger partial charge in [0.1, 0.15) is 11.9 Å². The van der Waals surface area contributed by atoms with Gasteiger partial charge in [0.2, 0.25) is 0 Å². The number of aliphatic hydroxyl groups is 1. The van der Waals surface area contributed by atoms with E-state index >= 15 is 0 Å². The Morgan fingerprint density at radius 1 is 1.25 bits per heavy atom. The van der Waals surface area contributed by atoms with Gasteiger partial charge in [-0.15, -0.1) is 0 Å². The number of hydrogen-bond donors (Lipinski definition) is 1. The lowest BCUT2D eigenvalue weighted by Gasteiger charge is -2.40. The average Bonchev–Trinajstić information content (AvgIpc) is 2.26. The minimum Gasteiger partial charge on any atom is -0.488 e. The van der Waals surface area contributed by atoms with Gasteiger partial charge in [0.25, 0.3) is 0 Å². The molecule has 0 spiro atoms. The second-order valence-electron chi connectivity index (χ2n) is 5.30. The van der Waals surface area contributed by atoms with Gasteiger partial charge in [-0.05, 0) is 36.8 Å². The third-order valence-corrected chi connectivity index (χ3v) is 3.49. The topological polar surface area (TPSA) is 29.5 Å². The van der Waals surface area contributed by atoms with Crippen LogP contribution in [0.4, 0.5) is 0 Å². The van der Waals surface area contributed by atoms with Crippen molar-refractivity contribution in [1.29, 1.82) is 0 Å². The van der Waals surface area contributed by atoms with Crippen LogP contribution in [0.15, 0.2) is 30.3 Å². The third-order valence-electron chi connectivity index (χ3n) is 3.49. The fraction of sp³-hybridized carbons (Fsp3) is 0.571. The summed E-state index contributed by atoms with van der Waals surface area (Å²) in [5.41, 5.74) is -0.0301. The summed E-state index contributed by atoms with van der Waals surface area (Å²) < 4.78 is 5.85. The quantitative estimate of drug-likeness (QED) is 0.830. The summed E-state index contributed by atoms with van der Waals surface area (Å²) in [6.45, 7) is 4.22. The SMILES string of the molecule is CC1(C)CCCC(Oc2ccccc2)C1O. The van der Waals surface area contributed by atoms with E-state index in [1.54, 1.807) is 0 Å². The molecule has 0 radical (unpaired) electrons. The molecule has 2 nitrogen and oxygen atoms in total. The summed E-state index contributed by atoms with van der Waals surface area (Å²) in [7, 11) is 0. The Morgan fingerprint density at radius 3 is 2.62 bits per heavy atom. The second kappa shape index (κ2) is 4.46. The lowest BCUT2D eigenvalue weighted by Crippen LogP contribution is -2.46. The Labute approximate surface area is 97.3 Å². The molecule has 0 bridgehead atoms. The Morgan fingerprint density at radius 2 is 1.94 bits per heavy atom. The first-order chi connectivity index (χ1) is 7.59. The molecule has 1 aliphatic rings. The van der Waals surface area contributed by atoms with Gasteiger partial charge in [0, 0.05) is 0 Å². The van der Waals surface area contributed by atoms with E-state index in [4.69, 9.17) is 4.74 Å². The van der Waals surface area contributed by atoms with Crippen LogP contribution in [0, 0.1) is 5.41 Å². The molecule has 1 aromatic carbocycles. The molecule has 2 unspecified atom stereocenters. The molecular weight excluding hydrogens is 200 g/mol. The zero-order valence-corrected chi connectivity index (χ0v) is 10.0. The summed E-state index contributed by atoms with van der Waals surface area (Å²) in [5, 5.41) is 10.2. The van der Waals surface area contributed by atoms with Gasteiger partial charge in [-0.1, -0.05) is 32.0 Å². The van der Waals surface area contributed by atoms with E-state index < -0.39 is 0 Å². The zero-order valence-electron chi connectivity index (χ0n) is 10.0. The molecular formula is C14H20O2. The Hall–Kier alpha value is -1.02. The van der Waals surface area contributed by atoms with Crippen molar-refractivity contribution in [2.45, 2.75) is 45.3 Å². The maximum absolute atomic E-state index is 10.2. The van der Waals surface area contributed by atoms with E-state index in [2.05, 4.69) is 13.8 Å². The van der Waals surface area contributed by atoms with E-state index in [0.717, 1.165) is 25.0 Å². The molecule has 2 rings (SSSR count). The molecule has 1 saturated carbocycles. The first-order valence-electron chi connectivity index (χ1n) is 5.99. The van der Waals surface area contributed by atoms with Crippen molar-refractivity contribution in [3.05, 3.63) is 30.3 Å². The fourth-order valence-electron chi connectivity index (χ4n) is 2.37. The first kappa shape index (κ1) is 11.5. The molecule has 88 valence electrons. The smallest absolute Gasteiger partial charge is 0.125 e. The number of aliphatic hydroxyl groups excluding tert-OH is 1. The molecule has 2 atom stereocenters. The normalized spacial score (nSPS) is 28.7. The van der Waals surface area contributed by atoms with Gasteiger partial charge < -0.3 is 9.84 Å². The number of para-hydroxylation sites is 1. The van der Waals surface area contributed by atoms with Crippen LogP contribution in [-0.2, 0) is 0 Å². The van der Waals surface area contributed by atoms with Crippen molar-refractivity contribution < 1.29 is 9.84 Å². The van der Waals surface area contributed by atoms with Crippen LogP contribution in [0.25, 0.3) is 0 Å². The molecule has 1 fully saturated rings. The van der Waals surface area contributed by atoms with Crippen molar-refractivity contribution in [2.75, 3.05) is 0 Å². The molecule has 1 aliphatic carbocycles. The number of benzene rings is 1. The molecule has 0 aromatic heterocycles. The zero-order chi connectivity index (χ0) is 11.6. The van der Waals surface area contributed by atoms with E-state index in [1.807, 2.05) is 30.3 Å². The lowest BCUT2D eigenvalue weighted by molar-refractivity contribution is -0.0689. The Kier molecular flexibility index (Phi) is 3.20. The highest BCUT2D eigenvalue weighted by Crippen LogP contribution is 2.37. The van der Waals surface area contributed by atoms with Crippen molar-refractivity contribution in [1.82, 2.24) is 0 Å². The Balaban J connectivity index is 2.05. The first-order valence-corrected chi connectivity index (χ1v) is 5.99. The molecule has 16 heavy (non-hydrogen) atoms. The Bertz CT molecular complexity index is 332. The van der Waals surface area contributed by atoms with Crippen molar-refractivity contribution >= 4 is 0 Å². The summed E-state index contributed by atoms with van der Waals surface area (Å²) in [6.07, 6.45) is 2.71. The highest BCUT2D eigenvalue weighted by atomic mass is 16.5. The minimum absolute atomic E-state index is 0.0301. The number of rotatable bonds is 2. The van der Waals surface area contributed by atoms with Crippen LogP contribution < -0.4 is 4.74 Å². The summed E-state index contributed by atoms with van der Waals surface area (Å²) in [6, 6.07) is 9.75. The average molecular weight is 220 g/mol. The highest BCUT2D eigenvalue weighted by Gasteiger charge is 2.38. The van der Waals surface area contributed by atoms with Crippen molar-refractivity contribution in [3.63, 3.8) is 0 Å². The number of ether oxygens (including phenoxy) is 1. The molecule has 0 amide bonds. The predicted octanol–water partition coefficient (Wildman–Crippen LogP) is 3.01.